The lowest BCUT2D eigenvalue weighted by Crippen LogP contribution is -2.52. The second-order valence-corrected chi connectivity index (χ2v) is 5.85. The van der Waals surface area contributed by atoms with Crippen molar-refractivity contribution in [2.75, 3.05) is 20.7 Å². The van der Waals surface area contributed by atoms with Gasteiger partial charge in [0.05, 0.1) is 13.3 Å². The van der Waals surface area contributed by atoms with Gasteiger partial charge in [-0.3, -0.25) is 9.80 Å². The molecule has 0 saturated carbocycles. The summed E-state index contributed by atoms with van der Waals surface area (Å²) in [7, 11) is 3.64. The van der Waals surface area contributed by atoms with E-state index in [1.54, 1.807) is 12.0 Å². The van der Waals surface area contributed by atoms with Gasteiger partial charge in [-0.05, 0) is 43.5 Å². The predicted molar refractivity (Wildman–Crippen MR) is 81.4 cm³/mol. The molecule has 1 fully saturated rings. The summed E-state index contributed by atoms with van der Waals surface area (Å²) in [5.74, 6) is 1.39. The number of ether oxygens (including phenoxy) is 1. The first kappa shape index (κ1) is 15.6. The summed E-state index contributed by atoms with van der Waals surface area (Å²) in [6.45, 7) is 3.53. The molecule has 2 rings (SSSR count). The molecule has 1 N–H and O–H groups in total. The van der Waals surface area contributed by atoms with E-state index in [9.17, 15) is 9.90 Å². The van der Waals surface area contributed by atoms with E-state index in [-0.39, 0.29) is 6.17 Å². The van der Waals surface area contributed by atoms with Crippen LogP contribution in [0.3, 0.4) is 0 Å². The summed E-state index contributed by atoms with van der Waals surface area (Å²) < 4.78 is 5.15. The van der Waals surface area contributed by atoms with Gasteiger partial charge in [0.1, 0.15) is 5.75 Å². The quantitative estimate of drug-likeness (QED) is 0.927. The Kier molecular flexibility index (Phi) is 5.07. The van der Waals surface area contributed by atoms with E-state index in [1.807, 2.05) is 31.3 Å². The van der Waals surface area contributed by atoms with Crippen molar-refractivity contribution in [2.24, 2.45) is 5.92 Å². The molecule has 1 amide bonds. The van der Waals surface area contributed by atoms with Crippen molar-refractivity contribution >= 4 is 6.09 Å². The van der Waals surface area contributed by atoms with E-state index < -0.39 is 6.09 Å². The van der Waals surface area contributed by atoms with Gasteiger partial charge in [0.15, 0.2) is 0 Å². The molecule has 0 aromatic heterocycles. The van der Waals surface area contributed by atoms with E-state index in [1.165, 1.54) is 0 Å². The predicted octanol–water partition coefficient (Wildman–Crippen LogP) is 2.86. The summed E-state index contributed by atoms with van der Waals surface area (Å²) in [6.07, 6.45) is 0.958. The van der Waals surface area contributed by atoms with Gasteiger partial charge in [0.25, 0.3) is 0 Å². The van der Waals surface area contributed by atoms with Crippen LogP contribution >= 0.6 is 0 Å². The van der Waals surface area contributed by atoms with Crippen LogP contribution < -0.4 is 4.74 Å². The smallest absolute Gasteiger partial charge is 0.408 e. The van der Waals surface area contributed by atoms with Crippen molar-refractivity contribution in [3.63, 3.8) is 0 Å². The van der Waals surface area contributed by atoms with Crippen LogP contribution in [-0.4, -0.2) is 47.9 Å². The molecule has 1 saturated heterocycles. The summed E-state index contributed by atoms with van der Waals surface area (Å²) in [5.41, 5.74) is 1.15. The van der Waals surface area contributed by atoms with Gasteiger partial charge in [-0.1, -0.05) is 19.1 Å². The number of rotatable bonds is 4. The average Bonchev–Trinajstić information content (AvgIpc) is 2.47. The minimum Gasteiger partial charge on any atom is -0.497 e. The Morgan fingerprint density at radius 1 is 1.43 bits per heavy atom. The normalized spacial score (nSPS) is 22.4. The van der Waals surface area contributed by atoms with E-state index in [0.29, 0.717) is 12.5 Å². The number of carbonyl (C=O) groups is 1. The molecule has 5 heteroatoms. The number of benzene rings is 1. The Hall–Kier alpha value is -1.75. The Morgan fingerprint density at radius 3 is 2.67 bits per heavy atom. The molecule has 21 heavy (non-hydrogen) atoms. The molecule has 1 aliphatic rings. The average molecular weight is 292 g/mol. The highest BCUT2D eigenvalue weighted by Gasteiger charge is 2.32. The fourth-order valence-electron chi connectivity index (χ4n) is 2.88. The largest absolute Gasteiger partial charge is 0.497 e. The van der Waals surface area contributed by atoms with Crippen LogP contribution in [0.25, 0.3) is 0 Å². The first-order valence-electron chi connectivity index (χ1n) is 7.34. The van der Waals surface area contributed by atoms with Crippen LogP contribution in [0.2, 0.25) is 0 Å². The van der Waals surface area contributed by atoms with Crippen LogP contribution in [-0.2, 0) is 6.54 Å². The van der Waals surface area contributed by atoms with Crippen molar-refractivity contribution in [3.05, 3.63) is 29.8 Å². The third kappa shape index (κ3) is 3.88. The SMILES string of the molecule is COc1ccc(CN(C)C2CC(C)CCN2C(=O)O)cc1. The summed E-state index contributed by atoms with van der Waals surface area (Å²) >= 11 is 0. The molecule has 5 nitrogen and oxygen atoms in total. The molecule has 0 radical (unpaired) electrons. The maximum atomic E-state index is 11.4. The van der Waals surface area contributed by atoms with Gasteiger partial charge in [-0.15, -0.1) is 0 Å². The lowest BCUT2D eigenvalue weighted by atomic mass is 9.96. The van der Waals surface area contributed by atoms with Crippen molar-refractivity contribution in [1.82, 2.24) is 9.80 Å². The minimum atomic E-state index is -0.825. The van der Waals surface area contributed by atoms with Gasteiger partial charge < -0.3 is 9.84 Å². The lowest BCUT2D eigenvalue weighted by Gasteiger charge is -2.41. The number of likely N-dealkylation sites (tertiary alicyclic amines) is 1. The fraction of sp³-hybridized carbons (Fsp3) is 0.562. The summed E-state index contributed by atoms with van der Waals surface area (Å²) in [6, 6.07) is 7.91. The Morgan fingerprint density at radius 2 is 2.10 bits per heavy atom. The molecule has 2 unspecified atom stereocenters. The number of methoxy groups -OCH3 is 1. The molecule has 0 bridgehead atoms. The number of carboxylic acid groups (broad SMARTS) is 1. The van der Waals surface area contributed by atoms with Crippen LogP contribution in [0.1, 0.15) is 25.3 Å². The van der Waals surface area contributed by atoms with Gasteiger partial charge in [0.2, 0.25) is 0 Å². The highest BCUT2D eigenvalue weighted by atomic mass is 16.5. The third-order valence-electron chi connectivity index (χ3n) is 4.18. The maximum absolute atomic E-state index is 11.4. The van der Waals surface area contributed by atoms with Crippen molar-refractivity contribution < 1.29 is 14.6 Å². The molecule has 2 atom stereocenters. The van der Waals surface area contributed by atoms with Gasteiger partial charge in [-0.25, -0.2) is 4.79 Å². The molecule has 116 valence electrons. The first-order valence-corrected chi connectivity index (χ1v) is 7.34. The topological polar surface area (TPSA) is 53.0 Å². The minimum absolute atomic E-state index is 0.0478. The van der Waals surface area contributed by atoms with Crippen LogP contribution in [0, 0.1) is 5.92 Å². The summed E-state index contributed by atoms with van der Waals surface area (Å²) in [4.78, 5) is 15.1. The van der Waals surface area contributed by atoms with Crippen molar-refractivity contribution in [1.29, 1.82) is 0 Å². The zero-order valence-electron chi connectivity index (χ0n) is 13.0. The molecular formula is C16H24N2O3. The molecule has 1 aromatic rings. The highest BCUT2D eigenvalue weighted by molar-refractivity contribution is 5.65. The van der Waals surface area contributed by atoms with Crippen molar-refractivity contribution in [3.8, 4) is 5.75 Å². The van der Waals surface area contributed by atoms with E-state index >= 15 is 0 Å². The standard InChI is InChI=1S/C16H24N2O3/c1-12-8-9-18(16(19)20)15(10-12)17(2)11-13-4-6-14(21-3)7-5-13/h4-7,12,15H,8-11H2,1-3H3,(H,19,20). The molecule has 0 spiro atoms. The monoisotopic (exact) mass is 292 g/mol. The van der Waals surface area contributed by atoms with Crippen LogP contribution in [0.5, 0.6) is 5.75 Å². The number of hydrogen-bond acceptors (Lipinski definition) is 3. The Bertz CT molecular complexity index is 475. The van der Waals surface area contributed by atoms with Gasteiger partial charge in [-0.2, -0.15) is 0 Å². The van der Waals surface area contributed by atoms with E-state index in [2.05, 4.69) is 11.8 Å². The van der Waals surface area contributed by atoms with Gasteiger partial charge in [0, 0.05) is 13.1 Å². The zero-order valence-corrected chi connectivity index (χ0v) is 13.0. The maximum Gasteiger partial charge on any atom is 0.408 e. The van der Waals surface area contributed by atoms with Crippen LogP contribution in [0.4, 0.5) is 4.79 Å². The van der Waals surface area contributed by atoms with Crippen LogP contribution in [0.15, 0.2) is 24.3 Å². The Labute approximate surface area is 126 Å². The highest BCUT2D eigenvalue weighted by Crippen LogP contribution is 2.25. The number of nitrogens with zero attached hydrogens (tertiary/aromatic N) is 2. The van der Waals surface area contributed by atoms with Crippen molar-refractivity contribution in [2.45, 2.75) is 32.5 Å². The van der Waals surface area contributed by atoms with Gasteiger partial charge >= 0.3 is 6.09 Å². The second-order valence-electron chi connectivity index (χ2n) is 5.85. The van der Waals surface area contributed by atoms with E-state index in [0.717, 1.165) is 30.7 Å². The zero-order chi connectivity index (χ0) is 15.4. The number of piperidine rings is 1. The Balaban J connectivity index is 2.05. The molecular weight excluding hydrogens is 268 g/mol. The molecule has 1 aromatic carbocycles. The number of amides is 1. The first-order chi connectivity index (χ1) is 10.0. The third-order valence-corrected chi connectivity index (χ3v) is 4.18. The molecule has 0 aliphatic carbocycles. The summed E-state index contributed by atoms with van der Waals surface area (Å²) in [5, 5.41) is 9.36. The lowest BCUT2D eigenvalue weighted by molar-refractivity contribution is 0.0148. The van der Waals surface area contributed by atoms with E-state index in [4.69, 9.17) is 4.74 Å². The molecule has 1 aliphatic heterocycles. The second kappa shape index (κ2) is 6.80. The fourth-order valence-corrected chi connectivity index (χ4v) is 2.88. The molecule has 1 heterocycles. The number of hydrogen-bond donors (Lipinski definition) is 1.